The van der Waals surface area contributed by atoms with Gasteiger partial charge in [-0.1, -0.05) is 12.1 Å². The van der Waals surface area contributed by atoms with Crippen molar-refractivity contribution in [2.45, 2.75) is 63.6 Å². The monoisotopic (exact) mass is 889 g/mol. The number of piperidine rings is 1. The highest BCUT2D eigenvalue weighted by Crippen LogP contribution is 2.40. The van der Waals surface area contributed by atoms with Crippen molar-refractivity contribution in [3.05, 3.63) is 69.9 Å². The number of nitrogens with zero attached hydrogens (tertiary/aromatic N) is 4. The third kappa shape index (κ3) is 12.9. The van der Waals surface area contributed by atoms with Gasteiger partial charge in [-0.05, 0) is 55.9 Å². The number of aldehydes is 2. The molecule has 346 valence electrons. The molecule has 0 aromatic heterocycles. The highest BCUT2D eigenvalue weighted by Gasteiger charge is 2.35. The van der Waals surface area contributed by atoms with Gasteiger partial charge in [-0.25, -0.2) is 4.79 Å². The summed E-state index contributed by atoms with van der Waals surface area (Å²) in [6.45, 7) is 2.55. The van der Waals surface area contributed by atoms with Crippen LogP contribution in [-0.4, -0.2) is 161 Å². The predicted molar refractivity (Wildman–Crippen MR) is 235 cm³/mol. The molecule has 64 heavy (non-hydrogen) atoms. The summed E-state index contributed by atoms with van der Waals surface area (Å²) in [7, 11) is 10.1. The third-order valence-electron chi connectivity index (χ3n) is 11.0. The van der Waals surface area contributed by atoms with Crippen LogP contribution in [0, 0.1) is 0 Å². The number of urea groups is 1. The molecule has 6 amide bonds. The Bertz CT molecular complexity index is 2110. The zero-order valence-electron chi connectivity index (χ0n) is 37.3. The summed E-state index contributed by atoms with van der Waals surface area (Å²) < 4.78 is 17.7. The number of unbranched alkanes of at least 4 members (excludes halogenated alkanes) is 2. The van der Waals surface area contributed by atoms with E-state index in [9.17, 15) is 33.6 Å². The Morgan fingerprint density at radius 3 is 2.30 bits per heavy atom. The fourth-order valence-corrected chi connectivity index (χ4v) is 7.84. The Balaban J connectivity index is 0.00000291. The molecule has 1 atom stereocenters. The Labute approximate surface area is 372 Å². The number of rotatable bonds is 19. The number of hydrogen-bond acceptors (Lipinski definition) is 13. The molecule has 2 saturated heterocycles. The molecule has 3 heterocycles. The lowest BCUT2D eigenvalue weighted by molar-refractivity contribution is -0.136. The van der Waals surface area contributed by atoms with Gasteiger partial charge < -0.3 is 44.7 Å². The van der Waals surface area contributed by atoms with Crippen LogP contribution in [0.4, 0.5) is 4.79 Å². The topological polar surface area (TPSA) is 234 Å². The number of carboxylic acid groups (broad SMARTS) is 1. The van der Waals surface area contributed by atoms with E-state index in [1.807, 2.05) is 37.3 Å². The zero-order valence-corrected chi connectivity index (χ0v) is 37.3. The molecule has 1 unspecified atom stereocenters. The number of carbonyl (C=O) groups is 8. The number of ether oxygens (including phenoxy) is 3. The third-order valence-corrected chi connectivity index (χ3v) is 11.0. The van der Waals surface area contributed by atoms with Crippen molar-refractivity contribution < 1.29 is 57.7 Å². The second kappa shape index (κ2) is 24.2. The van der Waals surface area contributed by atoms with Gasteiger partial charge in [-0.3, -0.25) is 43.8 Å². The maximum Gasteiger partial charge on any atom is 0.317 e. The molecule has 0 radical (unpaired) electrons. The van der Waals surface area contributed by atoms with Crippen LogP contribution in [0.5, 0.6) is 17.2 Å². The van der Waals surface area contributed by atoms with Gasteiger partial charge in [-0.15, -0.1) is 0 Å². The highest BCUT2D eigenvalue weighted by atomic mass is 16.5. The van der Waals surface area contributed by atoms with Gasteiger partial charge in [0.2, 0.25) is 17.7 Å². The molecule has 2 aromatic carbocycles. The van der Waals surface area contributed by atoms with E-state index in [1.54, 1.807) is 38.3 Å². The molecule has 19 nitrogen and oxygen atoms in total. The summed E-state index contributed by atoms with van der Waals surface area (Å²) in [6.07, 6.45) is 6.40. The number of methoxy groups -OCH3 is 2. The summed E-state index contributed by atoms with van der Waals surface area (Å²) in [5.41, 5.74) is 4.04. The second-order valence-electron chi connectivity index (χ2n) is 15.7. The SMILES string of the molecule is CNC(=O)N1CCC(/C(=C\N(C)C)c2cc(OC)c(CN3CC(NC(=O)CCCCCOc4cccc(C=O)c4C(=O)N(C)C4CCC(=O)NC4=O)C3)cc2OC)=C(C=O)C1.O=CO. The Morgan fingerprint density at radius 1 is 0.953 bits per heavy atom. The fraction of sp³-hybridized carbons (Fsp3) is 0.467. The Kier molecular flexibility index (Phi) is 18.9. The van der Waals surface area contributed by atoms with Crippen LogP contribution in [0.2, 0.25) is 0 Å². The lowest BCUT2D eigenvalue weighted by atomic mass is 9.88. The quantitative estimate of drug-likeness (QED) is 0.0902. The van der Waals surface area contributed by atoms with Crippen molar-refractivity contribution in [1.29, 1.82) is 0 Å². The van der Waals surface area contributed by atoms with Gasteiger partial charge in [0.15, 0.2) is 6.29 Å². The molecule has 4 N–H and O–H groups in total. The number of imide groups is 1. The standard InChI is InChI=1S/C44H57N7O10.CH2O2/c1-45-44(58)51-17-16-32(30(22-51)27-53)34(25-48(2)3)33-20-37(59-5)29(19-38(33)60-6)21-50-23-31(24-50)46-39(54)13-8-7-9-18-61-36-12-10-11-28(26-52)41(36)43(57)49(4)35-14-15-40(55)47-42(35)56;2-1-3/h10-12,19-20,25-27,31,35H,7-9,13-18,21-24H2,1-6H3,(H,45,58)(H,46,54)(H,47,55,56);1H,(H,2,3)/b34-25+;. The van der Waals surface area contributed by atoms with Crippen molar-refractivity contribution in [3.8, 4) is 17.2 Å². The summed E-state index contributed by atoms with van der Waals surface area (Å²) in [4.78, 5) is 102. The molecular weight excluding hydrogens is 831 g/mol. The van der Waals surface area contributed by atoms with Crippen LogP contribution in [0.3, 0.4) is 0 Å². The van der Waals surface area contributed by atoms with E-state index in [0.717, 1.165) is 28.6 Å². The molecule has 0 spiro atoms. The highest BCUT2D eigenvalue weighted by molar-refractivity contribution is 6.07. The van der Waals surface area contributed by atoms with Crippen molar-refractivity contribution in [3.63, 3.8) is 0 Å². The number of nitrogens with one attached hydrogen (secondary N) is 3. The van der Waals surface area contributed by atoms with Crippen molar-refractivity contribution in [2.75, 3.05) is 75.2 Å². The van der Waals surface area contributed by atoms with E-state index in [0.29, 0.717) is 81.6 Å². The first-order chi connectivity index (χ1) is 30.7. The summed E-state index contributed by atoms with van der Waals surface area (Å²) in [6, 6.07) is 7.52. The first-order valence-electron chi connectivity index (χ1n) is 20.9. The maximum atomic E-state index is 13.5. The molecule has 3 aliphatic rings. The maximum absolute atomic E-state index is 13.5. The van der Waals surface area contributed by atoms with Crippen LogP contribution in [-0.2, 0) is 30.5 Å². The second-order valence-corrected chi connectivity index (χ2v) is 15.7. The zero-order chi connectivity index (χ0) is 46.9. The molecule has 2 aromatic rings. The fourth-order valence-electron chi connectivity index (χ4n) is 7.84. The smallest absolute Gasteiger partial charge is 0.317 e. The molecular formula is C45H59N7O12. The summed E-state index contributed by atoms with van der Waals surface area (Å²) in [5, 5.41) is 14.9. The van der Waals surface area contributed by atoms with Crippen molar-refractivity contribution in [2.24, 2.45) is 0 Å². The number of likely N-dealkylation sites (tertiary alicyclic amines) is 1. The lowest BCUT2D eigenvalue weighted by Crippen LogP contribution is -2.58. The van der Waals surface area contributed by atoms with E-state index in [-0.39, 0.29) is 67.3 Å². The number of benzene rings is 2. The van der Waals surface area contributed by atoms with Crippen molar-refractivity contribution in [1.82, 2.24) is 35.6 Å². The first kappa shape index (κ1) is 49.9. The minimum absolute atomic E-state index is 0.00587. The average Bonchev–Trinajstić information content (AvgIpc) is 3.27. The minimum atomic E-state index is -0.848. The summed E-state index contributed by atoms with van der Waals surface area (Å²) in [5.74, 6) is -0.0496. The molecule has 5 rings (SSSR count). The molecule has 0 saturated carbocycles. The van der Waals surface area contributed by atoms with E-state index < -0.39 is 23.8 Å². The predicted octanol–water partition coefficient (Wildman–Crippen LogP) is 2.48. The largest absolute Gasteiger partial charge is 0.496 e. The van der Waals surface area contributed by atoms with E-state index >= 15 is 0 Å². The van der Waals surface area contributed by atoms with Crippen LogP contribution < -0.4 is 30.2 Å². The van der Waals surface area contributed by atoms with Crippen molar-refractivity contribution >= 4 is 54.3 Å². The molecule has 0 bridgehead atoms. The number of likely N-dealkylation sites (N-methyl/N-ethyl adjacent to an activating group) is 1. The number of hydrogen-bond donors (Lipinski definition) is 4. The van der Waals surface area contributed by atoms with Gasteiger partial charge in [-0.2, -0.15) is 0 Å². The lowest BCUT2D eigenvalue weighted by Gasteiger charge is -2.40. The van der Waals surface area contributed by atoms with Crippen LogP contribution in [0.25, 0.3) is 5.57 Å². The Hall–Kier alpha value is -6.76. The average molecular weight is 890 g/mol. The molecule has 3 aliphatic heterocycles. The van der Waals surface area contributed by atoms with Gasteiger partial charge in [0, 0.05) is 101 Å². The molecule has 2 fully saturated rings. The van der Waals surface area contributed by atoms with Gasteiger partial charge in [0.1, 0.15) is 29.6 Å². The van der Waals surface area contributed by atoms with Crippen LogP contribution in [0.15, 0.2) is 47.7 Å². The van der Waals surface area contributed by atoms with E-state index in [1.165, 1.54) is 18.0 Å². The Morgan fingerprint density at radius 2 is 1.67 bits per heavy atom. The van der Waals surface area contributed by atoms with Crippen LogP contribution in [0.1, 0.15) is 76.8 Å². The number of allylic oxidation sites excluding steroid dienone is 1. The van der Waals surface area contributed by atoms with Gasteiger partial charge in [0.25, 0.3) is 12.4 Å². The number of carbonyl (C=O) groups excluding carboxylic acids is 7. The molecule has 0 aliphatic carbocycles. The molecule has 19 heteroatoms. The van der Waals surface area contributed by atoms with Crippen LogP contribution >= 0.6 is 0 Å². The number of amides is 6. The van der Waals surface area contributed by atoms with E-state index in [2.05, 4.69) is 20.9 Å². The first-order valence-corrected chi connectivity index (χ1v) is 20.9. The summed E-state index contributed by atoms with van der Waals surface area (Å²) >= 11 is 0. The van der Waals surface area contributed by atoms with Gasteiger partial charge in [0.05, 0.1) is 39.0 Å². The van der Waals surface area contributed by atoms with E-state index in [4.69, 9.17) is 24.1 Å². The normalized spacial score (nSPS) is 16.6. The van der Waals surface area contributed by atoms with Gasteiger partial charge >= 0.3 is 6.03 Å². The minimum Gasteiger partial charge on any atom is -0.496 e.